The normalized spacial score (nSPS) is 20.0. The molecular formula is C15H16N4O2. The van der Waals surface area contributed by atoms with Crippen LogP contribution < -0.4 is 10.9 Å². The lowest BCUT2D eigenvalue weighted by Gasteiger charge is -2.06. The van der Waals surface area contributed by atoms with Crippen LogP contribution in [-0.4, -0.2) is 20.9 Å². The number of hydrogen-bond acceptors (Lipinski definition) is 4. The minimum Gasteiger partial charge on any atom is -0.350 e. The Morgan fingerprint density at radius 3 is 3.00 bits per heavy atom. The van der Waals surface area contributed by atoms with E-state index in [1.54, 1.807) is 18.5 Å². The van der Waals surface area contributed by atoms with Crippen molar-refractivity contribution in [1.82, 2.24) is 20.3 Å². The lowest BCUT2D eigenvalue weighted by atomic mass is 10.2. The van der Waals surface area contributed by atoms with Gasteiger partial charge in [-0.2, -0.15) is 0 Å². The van der Waals surface area contributed by atoms with Gasteiger partial charge in [0, 0.05) is 29.9 Å². The van der Waals surface area contributed by atoms with Crippen molar-refractivity contribution >= 4 is 5.91 Å². The largest absolute Gasteiger partial charge is 0.350 e. The number of nitrogens with one attached hydrogen (secondary N) is 2. The standard InChI is InChI=1S/C15H16N4O2/c1-9-5-12(9)15(21)17-8-11-6-13(20)19-14(18-11)10-3-2-4-16-7-10/h2-4,6-7,9,12H,5,8H2,1H3,(H,17,21)(H,18,19,20)/t9-,12-/m1/s1. The lowest BCUT2D eigenvalue weighted by molar-refractivity contribution is -0.122. The minimum absolute atomic E-state index is 0.0347. The molecule has 2 aromatic heterocycles. The van der Waals surface area contributed by atoms with Crippen LogP contribution in [0.3, 0.4) is 0 Å². The fourth-order valence-corrected chi connectivity index (χ4v) is 2.23. The molecular weight excluding hydrogens is 268 g/mol. The second-order valence-electron chi connectivity index (χ2n) is 5.36. The van der Waals surface area contributed by atoms with Crippen LogP contribution in [-0.2, 0) is 11.3 Å². The van der Waals surface area contributed by atoms with Gasteiger partial charge in [0.2, 0.25) is 5.91 Å². The molecule has 0 aromatic carbocycles. The summed E-state index contributed by atoms with van der Waals surface area (Å²) >= 11 is 0. The smallest absolute Gasteiger partial charge is 0.251 e. The molecule has 6 heteroatoms. The molecule has 2 aromatic rings. The van der Waals surface area contributed by atoms with Crippen LogP contribution in [0.4, 0.5) is 0 Å². The zero-order valence-corrected chi connectivity index (χ0v) is 11.7. The van der Waals surface area contributed by atoms with Gasteiger partial charge in [-0.25, -0.2) is 4.98 Å². The van der Waals surface area contributed by atoms with Crippen LogP contribution in [0.15, 0.2) is 35.4 Å². The molecule has 0 spiro atoms. The third-order valence-corrected chi connectivity index (χ3v) is 3.62. The Bertz CT molecular complexity index is 711. The first-order chi connectivity index (χ1) is 10.1. The Hall–Kier alpha value is -2.50. The molecule has 1 saturated carbocycles. The third-order valence-electron chi connectivity index (χ3n) is 3.62. The predicted octanol–water partition coefficient (Wildman–Crippen LogP) is 1.10. The maximum atomic E-state index is 11.8. The second-order valence-corrected chi connectivity index (χ2v) is 5.36. The summed E-state index contributed by atoms with van der Waals surface area (Å²) in [7, 11) is 0. The highest BCUT2D eigenvalue weighted by molar-refractivity contribution is 5.81. The number of nitrogens with zero attached hydrogens (tertiary/aromatic N) is 2. The highest BCUT2D eigenvalue weighted by atomic mass is 16.2. The molecule has 0 aliphatic heterocycles. The van der Waals surface area contributed by atoms with Gasteiger partial charge < -0.3 is 10.3 Å². The average molecular weight is 284 g/mol. The second kappa shape index (κ2) is 5.47. The van der Waals surface area contributed by atoms with Gasteiger partial charge in [-0.15, -0.1) is 0 Å². The first-order valence-electron chi connectivity index (χ1n) is 6.92. The molecule has 1 aliphatic carbocycles. The van der Waals surface area contributed by atoms with E-state index in [0.29, 0.717) is 17.4 Å². The predicted molar refractivity (Wildman–Crippen MR) is 77.2 cm³/mol. The van der Waals surface area contributed by atoms with E-state index in [2.05, 4.69) is 27.2 Å². The van der Waals surface area contributed by atoms with Gasteiger partial charge in [0.05, 0.1) is 12.2 Å². The molecule has 21 heavy (non-hydrogen) atoms. The molecule has 108 valence electrons. The van der Waals surface area contributed by atoms with Crippen molar-refractivity contribution in [2.24, 2.45) is 11.8 Å². The number of pyridine rings is 1. The van der Waals surface area contributed by atoms with Gasteiger partial charge in [0.1, 0.15) is 5.82 Å². The molecule has 2 N–H and O–H groups in total. The van der Waals surface area contributed by atoms with E-state index in [1.807, 2.05) is 6.07 Å². The van der Waals surface area contributed by atoms with Gasteiger partial charge >= 0.3 is 0 Å². The van der Waals surface area contributed by atoms with Crippen molar-refractivity contribution in [3.8, 4) is 11.4 Å². The molecule has 0 bridgehead atoms. The van der Waals surface area contributed by atoms with Crippen LogP contribution in [0.5, 0.6) is 0 Å². The van der Waals surface area contributed by atoms with Crippen molar-refractivity contribution in [2.45, 2.75) is 19.9 Å². The SMILES string of the molecule is C[C@@H]1C[C@H]1C(=O)NCc1cc(=O)[nH]c(-c2cccnc2)n1. The number of amides is 1. The zero-order chi connectivity index (χ0) is 14.8. The van der Waals surface area contributed by atoms with Crippen molar-refractivity contribution in [3.05, 3.63) is 46.6 Å². The molecule has 2 heterocycles. The summed E-state index contributed by atoms with van der Waals surface area (Å²) < 4.78 is 0. The van der Waals surface area contributed by atoms with E-state index >= 15 is 0 Å². The Morgan fingerprint density at radius 2 is 2.33 bits per heavy atom. The number of hydrogen-bond donors (Lipinski definition) is 2. The topological polar surface area (TPSA) is 87.7 Å². The summed E-state index contributed by atoms with van der Waals surface area (Å²) in [5.41, 5.74) is 1.03. The summed E-state index contributed by atoms with van der Waals surface area (Å²) in [5.74, 6) is 1.07. The van der Waals surface area contributed by atoms with Gasteiger partial charge in [-0.05, 0) is 24.5 Å². The maximum Gasteiger partial charge on any atom is 0.251 e. The molecule has 0 radical (unpaired) electrons. The van der Waals surface area contributed by atoms with Crippen LogP contribution in [0.25, 0.3) is 11.4 Å². The van der Waals surface area contributed by atoms with Crippen molar-refractivity contribution < 1.29 is 4.79 Å². The molecule has 1 amide bonds. The highest BCUT2D eigenvalue weighted by Crippen LogP contribution is 2.37. The summed E-state index contributed by atoms with van der Waals surface area (Å²) in [6, 6.07) is 4.99. The molecule has 1 aliphatic rings. The molecule has 6 nitrogen and oxygen atoms in total. The fourth-order valence-electron chi connectivity index (χ4n) is 2.23. The van der Waals surface area contributed by atoms with Gasteiger partial charge in [0.15, 0.2) is 0 Å². The quantitative estimate of drug-likeness (QED) is 0.880. The maximum absolute atomic E-state index is 11.8. The molecule has 2 atom stereocenters. The van der Waals surface area contributed by atoms with Crippen LogP contribution in [0, 0.1) is 11.8 Å². The van der Waals surface area contributed by atoms with Crippen LogP contribution >= 0.6 is 0 Å². The van der Waals surface area contributed by atoms with E-state index < -0.39 is 0 Å². The summed E-state index contributed by atoms with van der Waals surface area (Å²) in [6.07, 6.45) is 4.23. The summed E-state index contributed by atoms with van der Waals surface area (Å²) in [4.78, 5) is 34.5. The van der Waals surface area contributed by atoms with E-state index in [-0.39, 0.29) is 23.9 Å². The number of carbonyl (C=O) groups is 1. The zero-order valence-electron chi connectivity index (χ0n) is 11.7. The summed E-state index contributed by atoms with van der Waals surface area (Å²) in [5, 5.41) is 2.83. The number of aromatic nitrogens is 3. The van der Waals surface area contributed by atoms with Crippen LogP contribution in [0.2, 0.25) is 0 Å². The Labute approximate surface area is 121 Å². The van der Waals surface area contributed by atoms with Crippen molar-refractivity contribution in [1.29, 1.82) is 0 Å². The first-order valence-corrected chi connectivity index (χ1v) is 6.92. The average Bonchev–Trinajstić information content (AvgIpc) is 3.22. The Morgan fingerprint density at radius 1 is 1.52 bits per heavy atom. The summed E-state index contributed by atoms with van der Waals surface area (Å²) in [6.45, 7) is 2.31. The monoisotopic (exact) mass is 284 g/mol. The third kappa shape index (κ3) is 3.16. The molecule has 3 rings (SSSR count). The van der Waals surface area contributed by atoms with E-state index in [4.69, 9.17) is 0 Å². The number of H-pyrrole nitrogens is 1. The number of rotatable bonds is 4. The molecule has 1 fully saturated rings. The van der Waals surface area contributed by atoms with Gasteiger partial charge in [0.25, 0.3) is 5.56 Å². The number of carbonyl (C=O) groups excluding carboxylic acids is 1. The van der Waals surface area contributed by atoms with Crippen molar-refractivity contribution in [3.63, 3.8) is 0 Å². The fraction of sp³-hybridized carbons (Fsp3) is 0.333. The van der Waals surface area contributed by atoms with Crippen molar-refractivity contribution in [2.75, 3.05) is 0 Å². The van der Waals surface area contributed by atoms with E-state index in [1.165, 1.54) is 6.07 Å². The first kappa shape index (κ1) is 13.5. The highest BCUT2D eigenvalue weighted by Gasteiger charge is 2.38. The van der Waals surface area contributed by atoms with Gasteiger partial charge in [-0.3, -0.25) is 14.6 Å². The van der Waals surface area contributed by atoms with E-state index in [0.717, 1.165) is 12.0 Å². The molecule has 0 unspecified atom stereocenters. The van der Waals surface area contributed by atoms with Gasteiger partial charge in [-0.1, -0.05) is 6.92 Å². The van der Waals surface area contributed by atoms with Crippen LogP contribution in [0.1, 0.15) is 19.0 Å². The van der Waals surface area contributed by atoms with E-state index in [9.17, 15) is 9.59 Å². The lowest BCUT2D eigenvalue weighted by Crippen LogP contribution is -2.26. The molecule has 0 saturated heterocycles. The Balaban J connectivity index is 1.75. The minimum atomic E-state index is -0.243. The number of aromatic amines is 1. The Kier molecular flexibility index (Phi) is 3.51.